The summed E-state index contributed by atoms with van der Waals surface area (Å²) in [5, 5.41) is 19.7. The minimum absolute atomic E-state index is 0.0903. The molecule has 1 aromatic carbocycles. The molecule has 1 aliphatic heterocycles. The third-order valence-corrected chi connectivity index (χ3v) is 5.64. The van der Waals surface area contributed by atoms with E-state index in [0.29, 0.717) is 29.8 Å². The second kappa shape index (κ2) is 9.07. The number of ether oxygens (including phenoxy) is 1. The summed E-state index contributed by atoms with van der Waals surface area (Å²) in [4.78, 5) is 30.2. The highest BCUT2D eigenvalue weighted by Gasteiger charge is 2.30. The van der Waals surface area contributed by atoms with E-state index in [1.165, 1.54) is 6.07 Å². The summed E-state index contributed by atoms with van der Waals surface area (Å²) in [6.07, 6.45) is 1.25. The van der Waals surface area contributed by atoms with Gasteiger partial charge in [-0.2, -0.15) is 11.8 Å². The number of aldehydes is 1. The second-order valence-electron chi connectivity index (χ2n) is 6.46. The lowest BCUT2D eigenvalue weighted by Crippen LogP contribution is -2.49. The fourth-order valence-electron chi connectivity index (χ4n) is 3.11. The molecule has 0 unspecified atom stereocenters. The van der Waals surface area contributed by atoms with Crippen LogP contribution in [0.25, 0.3) is 0 Å². The number of nitrogens with zero attached hydrogens (tertiary/aromatic N) is 2. The van der Waals surface area contributed by atoms with Crippen LogP contribution in [0.1, 0.15) is 39.4 Å². The topological polar surface area (TPSA) is 100.0 Å². The summed E-state index contributed by atoms with van der Waals surface area (Å²) >= 11 is 1.72. The third kappa shape index (κ3) is 4.28. The Kier molecular flexibility index (Phi) is 6.53. The van der Waals surface area contributed by atoms with Crippen molar-refractivity contribution < 1.29 is 24.5 Å². The van der Waals surface area contributed by atoms with Crippen molar-refractivity contribution in [1.82, 2.24) is 9.88 Å². The molecule has 28 heavy (non-hydrogen) atoms. The number of aromatic hydroxyl groups is 1. The van der Waals surface area contributed by atoms with Gasteiger partial charge in [0.15, 0.2) is 6.29 Å². The van der Waals surface area contributed by atoms with E-state index in [1.54, 1.807) is 54.0 Å². The number of thioether (sulfide) groups is 1. The zero-order valence-corrected chi connectivity index (χ0v) is 16.3. The molecule has 0 spiro atoms. The van der Waals surface area contributed by atoms with Gasteiger partial charge in [-0.05, 0) is 31.2 Å². The van der Waals surface area contributed by atoms with Crippen LogP contribution in [0.3, 0.4) is 0 Å². The Morgan fingerprint density at radius 1 is 1.43 bits per heavy atom. The number of pyridine rings is 1. The minimum atomic E-state index is -0.851. The molecule has 0 radical (unpaired) electrons. The number of aromatic nitrogens is 1. The van der Waals surface area contributed by atoms with Crippen molar-refractivity contribution in [2.24, 2.45) is 0 Å². The van der Waals surface area contributed by atoms with Gasteiger partial charge in [-0.1, -0.05) is 6.07 Å². The van der Waals surface area contributed by atoms with Crippen LogP contribution in [0, 0.1) is 0 Å². The molecule has 2 atom stereocenters. The number of benzene rings is 1. The summed E-state index contributed by atoms with van der Waals surface area (Å²) in [6.45, 7) is 2.31. The molecule has 0 bridgehead atoms. The number of amides is 1. The van der Waals surface area contributed by atoms with Crippen molar-refractivity contribution in [1.29, 1.82) is 0 Å². The van der Waals surface area contributed by atoms with Gasteiger partial charge in [0.05, 0.1) is 29.0 Å². The van der Waals surface area contributed by atoms with Gasteiger partial charge in [-0.25, -0.2) is 0 Å². The summed E-state index contributed by atoms with van der Waals surface area (Å²) in [6, 6.07) is 7.75. The van der Waals surface area contributed by atoms with E-state index in [4.69, 9.17) is 4.74 Å². The van der Waals surface area contributed by atoms with Crippen LogP contribution in [0.2, 0.25) is 0 Å². The lowest BCUT2D eigenvalue weighted by atomic mass is 10.1. The molecule has 1 aromatic heterocycles. The number of carbonyl (C=O) groups is 2. The molecule has 7 nitrogen and oxygen atoms in total. The molecule has 0 saturated carbocycles. The van der Waals surface area contributed by atoms with Crippen molar-refractivity contribution in [3.8, 4) is 11.5 Å². The first-order chi connectivity index (χ1) is 13.5. The molecule has 2 heterocycles. The van der Waals surface area contributed by atoms with Gasteiger partial charge >= 0.3 is 0 Å². The Balaban J connectivity index is 1.79. The fourth-order valence-corrected chi connectivity index (χ4v) is 4.15. The van der Waals surface area contributed by atoms with E-state index >= 15 is 0 Å². The maximum atomic E-state index is 13.1. The van der Waals surface area contributed by atoms with Gasteiger partial charge in [0, 0.05) is 24.2 Å². The number of phenolic OH excluding ortho intramolecular Hbond substituents is 1. The van der Waals surface area contributed by atoms with Crippen LogP contribution >= 0.6 is 11.8 Å². The highest BCUT2D eigenvalue weighted by atomic mass is 32.2. The molecule has 148 valence electrons. The number of hydrogen-bond donors (Lipinski definition) is 2. The lowest BCUT2D eigenvalue weighted by Gasteiger charge is -2.35. The van der Waals surface area contributed by atoms with Crippen molar-refractivity contribution in [3.05, 3.63) is 53.3 Å². The number of hydrogen-bond acceptors (Lipinski definition) is 7. The Labute approximate surface area is 167 Å². The monoisotopic (exact) mass is 402 g/mol. The highest BCUT2D eigenvalue weighted by molar-refractivity contribution is 7.99. The van der Waals surface area contributed by atoms with Crippen molar-refractivity contribution in [3.63, 3.8) is 0 Å². The predicted octanol–water partition coefficient (Wildman–Crippen LogP) is 2.29. The van der Waals surface area contributed by atoms with Crippen LogP contribution in [0.15, 0.2) is 36.5 Å². The number of rotatable bonds is 6. The standard InChI is InChI=1S/C20H22N2O5S/c1-13(24)19-15(4-3-7-21-19)20(26)22-8-9-28-12-14(22)11-27-18-6-2-5-17(25)16(18)10-23/h2-7,10,13-14,24-25H,8-9,11-12H2,1H3/t13-,14+/m0/s1. The summed E-state index contributed by atoms with van der Waals surface area (Å²) in [7, 11) is 0. The molecular weight excluding hydrogens is 380 g/mol. The van der Waals surface area contributed by atoms with Crippen molar-refractivity contribution in [2.45, 2.75) is 19.1 Å². The van der Waals surface area contributed by atoms with Crippen LogP contribution in [0.5, 0.6) is 11.5 Å². The lowest BCUT2D eigenvalue weighted by molar-refractivity contribution is 0.0640. The Bertz CT molecular complexity index is 858. The summed E-state index contributed by atoms with van der Waals surface area (Å²) in [5.74, 6) is 1.42. The fraction of sp³-hybridized carbons (Fsp3) is 0.350. The Morgan fingerprint density at radius 2 is 2.25 bits per heavy atom. The Hall–Kier alpha value is -2.58. The number of carbonyl (C=O) groups excluding carboxylic acids is 2. The number of aliphatic hydroxyl groups is 1. The normalized spacial score (nSPS) is 17.8. The van der Waals surface area contributed by atoms with Crippen LogP contribution in [-0.4, -0.2) is 63.0 Å². The molecular formula is C20H22N2O5S. The van der Waals surface area contributed by atoms with Gasteiger partial charge in [0.1, 0.15) is 18.1 Å². The average Bonchev–Trinajstić information content (AvgIpc) is 2.72. The molecule has 1 saturated heterocycles. The van der Waals surface area contributed by atoms with E-state index in [1.807, 2.05) is 0 Å². The van der Waals surface area contributed by atoms with Gasteiger partial charge in [-0.3, -0.25) is 14.6 Å². The first-order valence-electron chi connectivity index (χ1n) is 8.94. The average molecular weight is 402 g/mol. The van der Waals surface area contributed by atoms with E-state index in [9.17, 15) is 19.8 Å². The molecule has 8 heteroatoms. The maximum Gasteiger partial charge on any atom is 0.256 e. The molecule has 3 rings (SSSR count). The Morgan fingerprint density at radius 3 is 3.00 bits per heavy atom. The number of aliphatic hydroxyl groups excluding tert-OH is 1. The molecule has 1 fully saturated rings. The zero-order valence-electron chi connectivity index (χ0n) is 15.4. The zero-order chi connectivity index (χ0) is 20.1. The molecule has 2 aromatic rings. The van der Waals surface area contributed by atoms with Gasteiger partial charge in [-0.15, -0.1) is 0 Å². The second-order valence-corrected chi connectivity index (χ2v) is 7.61. The van der Waals surface area contributed by atoms with E-state index in [0.717, 1.165) is 5.75 Å². The molecule has 2 N–H and O–H groups in total. The smallest absolute Gasteiger partial charge is 0.256 e. The van der Waals surface area contributed by atoms with Gasteiger partial charge < -0.3 is 19.8 Å². The quantitative estimate of drug-likeness (QED) is 0.715. The highest BCUT2D eigenvalue weighted by Crippen LogP contribution is 2.27. The first kappa shape index (κ1) is 20.2. The van der Waals surface area contributed by atoms with Gasteiger partial charge in [0.2, 0.25) is 0 Å². The van der Waals surface area contributed by atoms with E-state index in [-0.39, 0.29) is 35.6 Å². The number of phenols is 1. The maximum absolute atomic E-state index is 13.1. The molecule has 1 aliphatic rings. The van der Waals surface area contributed by atoms with Crippen LogP contribution in [0.4, 0.5) is 0 Å². The molecule has 1 amide bonds. The van der Waals surface area contributed by atoms with E-state index in [2.05, 4.69) is 4.98 Å². The molecule has 0 aliphatic carbocycles. The summed E-state index contributed by atoms with van der Waals surface area (Å²) in [5.41, 5.74) is 0.814. The van der Waals surface area contributed by atoms with Crippen molar-refractivity contribution in [2.75, 3.05) is 24.7 Å². The largest absolute Gasteiger partial charge is 0.507 e. The third-order valence-electron chi connectivity index (χ3n) is 4.55. The predicted molar refractivity (Wildman–Crippen MR) is 106 cm³/mol. The van der Waals surface area contributed by atoms with Gasteiger partial charge in [0.25, 0.3) is 5.91 Å². The SMILES string of the molecule is C[C@H](O)c1ncccc1C(=O)N1CCSC[C@H]1COc1cccc(O)c1C=O. The van der Waals surface area contributed by atoms with Crippen molar-refractivity contribution >= 4 is 24.0 Å². The minimum Gasteiger partial charge on any atom is -0.507 e. The first-order valence-corrected chi connectivity index (χ1v) is 10.1. The van der Waals surface area contributed by atoms with Crippen LogP contribution in [-0.2, 0) is 0 Å². The summed E-state index contributed by atoms with van der Waals surface area (Å²) < 4.78 is 5.78. The van der Waals surface area contributed by atoms with E-state index < -0.39 is 6.10 Å². The van der Waals surface area contributed by atoms with Crippen LogP contribution < -0.4 is 4.74 Å².